The number of amides is 3. The summed E-state index contributed by atoms with van der Waals surface area (Å²) in [5.74, 6) is 0.0625. The van der Waals surface area contributed by atoms with Crippen molar-refractivity contribution in [3.05, 3.63) is 76.3 Å². The minimum atomic E-state index is -1.10. The van der Waals surface area contributed by atoms with Crippen LogP contribution < -0.4 is 23.8 Å². The Labute approximate surface area is 218 Å². The largest absolute Gasteiger partial charge is 0.495 e. The standard InChI is InChI=1S/C27H23ClN2O7/c1-34-19-10-9-15(13-18(19)28)29-22(14-11-20(35-2)24(37-4)21(12-14)36-3)23(27(29)33)30-25(31)16-7-5-6-8-17(16)26(30)32/h5-13,22-23H,1-4H3/t22-,23+/m0/s1. The highest BCUT2D eigenvalue weighted by atomic mass is 35.5. The van der Waals surface area contributed by atoms with E-state index < -0.39 is 29.8 Å². The molecule has 0 aliphatic carbocycles. The van der Waals surface area contributed by atoms with Crippen LogP contribution in [0.25, 0.3) is 0 Å². The zero-order valence-corrected chi connectivity index (χ0v) is 21.2. The van der Waals surface area contributed by atoms with Gasteiger partial charge in [-0.25, -0.2) is 0 Å². The number of methoxy groups -OCH3 is 4. The third-order valence-electron chi connectivity index (χ3n) is 6.61. The molecule has 190 valence electrons. The highest BCUT2D eigenvalue weighted by Crippen LogP contribution is 2.49. The first-order valence-corrected chi connectivity index (χ1v) is 11.7. The number of anilines is 1. The number of benzene rings is 3. The molecule has 3 aromatic carbocycles. The number of halogens is 1. The van der Waals surface area contributed by atoms with Gasteiger partial charge in [0.15, 0.2) is 11.5 Å². The van der Waals surface area contributed by atoms with E-state index in [4.69, 9.17) is 30.5 Å². The molecule has 9 nitrogen and oxygen atoms in total. The molecule has 0 aromatic heterocycles. The fraction of sp³-hybridized carbons (Fsp3) is 0.222. The van der Waals surface area contributed by atoms with E-state index >= 15 is 0 Å². The fourth-order valence-corrected chi connectivity index (χ4v) is 5.13. The zero-order chi connectivity index (χ0) is 26.4. The Kier molecular flexibility index (Phi) is 6.16. The molecule has 3 aromatic rings. The van der Waals surface area contributed by atoms with Gasteiger partial charge in [-0.1, -0.05) is 23.7 Å². The second kappa shape index (κ2) is 9.33. The SMILES string of the molecule is COc1ccc(N2C(=O)[C@H](N3C(=O)c4ccccc4C3=O)[C@@H]2c2cc(OC)c(OC)c(OC)c2)cc1Cl. The predicted molar refractivity (Wildman–Crippen MR) is 135 cm³/mol. The fourth-order valence-electron chi connectivity index (χ4n) is 4.88. The second-order valence-corrected chi connectivity index (χ2v) is 8.81. The van der Waals surface area contributed by atoms with Crippen molar-refractivity contribution in [1.29, 1.82) is 0 Å². The van der Waals surface area contributed by atoms with Gasteiger partial charge in [-0.2, -0.15) is 0 Å². The number of nitrogens with zero attached hydrogens (tertiary/aromatic N) is 2. The van der Waals surface area contributed by atoms with Crippen LogP contribution in [-0.4, -0.2) is 57.1 Å². The van der Waals surface area contributed by atoms with Crippen molar-refractivity contribution in [3.8, 4) is 23.0 Å². The van der Waals surface area contributed by atoms with Crippen LogP contribution in [0.15, 0.2) is 54.6 Å². The van der Waals surface area contributed by atoms with Crippen LogP contribution in [0.2, 0.25) is 5.02 Å². The van der Waals surface area contributed by atoms with E-state index in [2.05, 4.69) is 0 Å². The third kappa shape index (κ3) is 3.65. The van der Waals surface area contributed by atoms with E-state index in [1.807, 2.05) is 0 Å². The molecule has 3 amide bonds. The second-order valence-electron chi connectivity index (χ2n) is 8.40. The number of rotatable bonds is 7. The van der Waals surface area contributed by atoms with Gasteiger partial charge in [-0.3, -0.25) is 19.3 Å². The highest BCUT2D eigenvalue weighted by Gasteiger charge is 2.57. The number of carbonyl (C=O) groups is 3. The Morgan fingerprint density at radius 2 is 1.24 bits per heavy atom. The summed E-state index contributed by atoms with van der Waals surface area (Å²) in [4.78, 5) is 42.8. The molecular formula is C27H23ClN2O7. The average Bonchev–Trinajstić information content (AvgIpc) is 3.16. The lowest BCUT2D eigenvalue weighted by Crippen LogP contribution is -2.67. The number of hydrogen-bond donors (Lipinski definition) is 0. The Bertz CT molecular complexity index is 1380. The molecule has 10 heteroatoms. The Morgan fingerprint density at radius 1 is 0.676 bits per heavy atom. The van der Waals surface area contributed by atoms with E-state index in [0.29, 0.717) is 39.3 Å². The van der Waals surface area contributed by atoms with Gasteiger partial charge >= 0.3 is 0 Å². The first kappa shape index (κ1) is 24.5. The van der Waals surface area contributed by atoms with Crippen molar-refractivity contribution in [2.75, 3.05) is 33.3 Å². The van der Waals surface area contributed by atoms with Crippen LogP contribution in [0, 0.1) is 0 Å². The van der Waals surface area contributed by atoms with Gasteiger partial charge < -0.3 is 23.8 Å². The summed E-state index contributed by atoms with van der Waals surface area (Å²) in [6.07, 6.45) is 0. The molecule has 0 N–H and O–H groups in total. The maximum absolute atomic E-state index is 13.7. The maximum atomic E-state index is 13.7. The molecule has 1 saturated heterocycles. The van der Waals surface area contributed by atoms with Crippen LogP contribution in [-0.2, 0) is 4.79 Å². The van der Waals surface area contributed by atoms with Gasteiger partial charge in [0.1, 0.15) is 11.8 Å². The van der Waals surface area contributed by atoms with Gasteiger partial charge in [0.2, 0.25) is 5.75 Å². The van der Waals surface area contributed by atoms with Crippen LogP contribution in [0.1, 0.15) is 32.3 Å². The van der Waals surface area contributed by atoms with Crippen LogP contribution >= 0.6 is 11.6 Å². The molecule has 0 saturated carbocycles. The molecule has 5 rings (SSSR count). The summed E-state index contributed by atoms with van der Waals surface area (Å²) < 4.78 is 21.7. The molecular weight excluding hydrogens is 500 g/mol. The Hall–Kier alpha value is -4.24. The van der Waals surface area contributed by atoms with Crippen LogP contribution in [0.4, 0.5) is 5.69 Å². The molecule has 0 bridgehead atoms. The molecule has 0 spiro atoms. The van der Waals surface area contributed by atoms with Crippen molar-refractivity contribution >= 4 is 35.0 Å². The van der Waals surface area contributed by atoms with Gasteiger partial charge in [-0.15, -0.1) is 0 Å². The number of β-lactam (4-membered cyclic amide) rings is 1. The van der Waals surface area contributed by atoms with Crippen molar-refractivity contribution in [2.24, 2.45) is 0 Å². The molecule has 0 radical (unpaired) electrons. The molecule has 2 aliphatic rings. The molecule has 0 unspecified atom stereocenters. The van der Waals surface area contributed by atoms with E-state index in [9.17, 15) is 14.4 Å². The quantitative estimate of drug-likeness (QED) is 0.340. The van der Waals surface area contributed by atoms with E-state index in [0.717, 1.165) is 4.90 Å². The maximum Gasteiger partial charge on any atom is 0.262 e. The molecule has 2 atom stereocenters. The minimum Gasteiger partial charge on any atom is -0.495 e. The summed E-state index contributed by atoms with van der Waals surface area (Å²) in [6, 6.07) is 13.0. The van der Waals surface area contributed by atoms with Gasteiger partial charge in [0.25, 0.3) is 17.7 Å². The van der Waals surface area contributed by atoms with E-state index in [-0.39, 0.29) is 11.1 Å². The first-order valence-electron chi connectivity index (χ1n) is 11.3. The monoisotopic (exact) mass is 522 g/mol. The summed E-state index contributed by atoms with van der Waals surface area (Å²) in [6.45, 7) is 0. The number of hydrogen-bond acceptors (Lipinski definition) is 7. The molecule has 37 heavy (non-hydrogen) atoms. The van der Waals surface area contributed by atoms with Crippen LogP contribution in [0.5, 0.6) is 23.0 Å². The summed E-state index contributed by atoms with van der Waals surface area (Å²) in [5, 5.41) is 0.306. The lowest BCUT2D eigenvalue weighted by Gasteiger charge is -2.50. The minimum absolute atomic E-state index is 0.259. The highest BCUT2D eigenvalue weighted by molar-refractivity contribution is 6.32. The average molecular weight is 523 g/mol. The van der Waals surface area contributed by atoms with Crippen molar-refractivity contribution in [2.45, 2.75) is 12.1 Å². The number of imide groups is 1. The van der Waals surface area contributed by atoms with Gasteiger partial charge in [0, 0.05) is 5.69 Å². The van der Waals surface area contributed by atoms with Crippen molar-refractivity contribution in [1.82, 2.24) is 4.90 Å². The van der Waals surface area contributed by atoms with Crippen LogP contribution in [0.3, 0.4) is 0 Å². The number of fused-ring (bicyclic) bond motifs is 1. The Balaban J connectivity index is 1.65. The molecule has 2 aliphatic heterocycles. The molecule has 2 heterocycles. The summed E-state index contributed by atoms with van der Waals surface area (Å²) >= 11 is 6.36. The topological polar surface area (TPSA) is 94.6 Å². The zero-order valence-electron chi connectivity index (χ0n) is 20.5. The normalized spacial score (nSPS) is 18.5. The summed E-state index contributed by atoms with van der Waals surface area (Å²) in [7, 11) is 5.94. The van der Waals surface area contributed by atoms with Gasteiger partial charge in [-0.05, 0) is 48.0 Å². The first-order chi connectivity index (χ1) is 17.9. The predicted octanol–water partition coefficient (Wildman–Crippen LogP) is 4.13. The smallest absolute Gasteiger partial charge is 0.262 e. The third-order valence-corrected chi connectivity index (χ3v) is 6.91. The lowest BCUT2D eigenvalue weighted by atomic mass is 9.86. The number of carbonyl (C=O) groups excluding carboxylic acids is 3. The van der Waals surface area contributed by atoms with Crippen molar-refractivity contribution in [3.63, 3.8) is 0 Å². The Morgan fingerprint density at radius 3 is 1.73 bits per heavy atom. The lowest BCUT2D eigenvalue weighted by molar-refractivity contribution is -0.130. The molecule has 1 fully saturated rings. The van der Waals surface area contributed by atoms with Gasteiger partial charge in [0.05, 0.1) is 50.6 Å². The summed E-state index contributed by atoms with van der Waals surface area (Å²) in [5.41, 5.74) is 1.56. The van der Waals surface area contributed by atoms with Crippen molar-refractivity contribution < 1.29 is 33.3 Å². The van der Waals surface area contributed by atoms with E-state index in [1.54, 1.807) is 54.6 Å². The van der Waals surface area contributed by atoms with E-state index in [1.165, 1.54) is 33.3 Å². The number of ether oxygens (including phenoxy) is 4.